The van der Waals surface area contributed by atoms with Gasteiger partial charge in [0.2, 0.25) is 0 Å². The monoisotopic (exact) mass is 808 g/mol. The number of rotatable bonds is 10. The van der Waals surface area contributed by atoms with Crippen LogP contribution in [0.4, 0.5) is 0 Å². The summed E-state index contributed by atoms with van der Waals surface area (Å²) in [7, 11) is 1.30. The number of halogens is 3. The number of fused-ring (bicyclic) bond motifs is 1. The maximum atomic E-state index is 14.1. The van der Waals surface area contributed by atoms with E-state index in [2.05, 4.69) is 43.5 Å². The van der Waals surface area contributed by atoms with Crippen molar-refractivity contribution < 1.29 is 23.7 Å². The Balaban J connectivity index is 1.62. The smallest absolute Gasteiger partial charge is 0.337 e. The van der Waals surface area contributed by atoms with E-state index in [0.717, 1.165) is 13.6 Å². The third-order valence-electron chi connectivity index (χ3n) is 6.63. The molecule has 0 spiro atoms. The normalized spacial score (nSPS) is 14.4. The van der Waals surface area contributed by atoms with Crippen molar-refractivity contribution in [3.8, 4) is 17.2 Å². The highest BCUT2D eigenvalue weighted by Crippen LogP contribution is 2.35. The van der Waals surface area contributed by atoms with Crippen LogP contribution in [0, 0.1) is 3.57 Å². The molecule has 8 nitrogen and oxygen atoms in total. The second-order valence-electron chi connectivity index (χ2n) is 9.47. The van der Waals surface area contributed by atoms with E-state index in [1.165, 1.54) is 29.2 Å². The van der Waals surface area contributed by atoms with Gasteiger partial charge in [-0.2, -0.15) is 0 Å². The van der Waals surface area contributed by atoms with Crippen molar-refractivity contribution in [3.63, 3.8) is 0 Å². The van der Waals surface area contributed by atoms with E-state index in [1.54, 1.807) is 18.2 Å². The van der Waals surface area contributed by atoms with Crippen LogP contribution >= 0.6 is 61.5 Å². The number of nitrogens with zero attached hydrogens (tertiary/aromatic N) is 2. The zero-order valence-electron chi connectivity index (χ0n) is 23.9. The molecule has 2 heterocycles. The van der Waals surface area contributed by atoms with Crippen molar-refractivity contribution in [2.75, 3.05) is 20.3 Å². The van der Waals surface area contributed by atoms with Gasteiger partial charge in [0.1, 0.15) is 12.4 Å². The van der Waals surface area contributed by atoms with Gasteiger partial charge in [-0.3, -0.25) is 9.36 Å². The highest BCUT2D eigenvalue weighted by molar-refractivity contribution is 14.1. The number of aromatic nitrogens is 1. The standard InChI is InChI=1S/C32H27BrClIN2O6S/c1-4-41-25-11-8-19(13-26(25)42-5-2)28-23(31(39)40-3)16-36-32-37(28)30(38)27(44-32)14-20-12-21(33)15-24(35)29(20)43-17-18-6-9-22(34)10-7-18/h6-16,28H,4-5,17H2,1-3H3/b27-14+/t28-/m1/s1. The molecule has 0 N–H and O–H groups in total. The van der Waals surface area contributed by atoms with Gasteiger partial charge >= 0.3 is 5.97 Å². The number of benzene rings is 3. The molecule has 0 saturated carbocycles. The number of ether oxygens (including phenoxy) is 4. The van der Waals surface area contributed by atoms with E-state index in [1.807, 2.05) is 56.3 Å². The summed E-state index contributed by atoms with van der Waals surface area (Å²) in [6.45, 7) is 4.96. The van der Waals surface area contributed by atoms with E-state index in [0.29, 0.717) is 62.6 Å². The molecule has 0 aliphatic carbocycles. The predicted molar refractivity (Wildman–Crippen MR) is 183 cm³/mol. The Morgan fingerprint density at radius 3 is 2.50 bits per heavy atom. The van der Waals surface area contributed by atoms with Crippen LogP contribution in [-0.4, -0.2) is 30.9 Å². The van der Waals surface area contributed by atoms with Crippen molar-refractivity contribution in [2.45, 2.75) is 26.5 Å². The second-order valence-corrected chi connectivity index (χ2v) is 13.0. The Morgan fingerprint density at radius 2 is 1.80 bits per heavy atom. The molecule has 44 heavy (non-hydrogen) atoms. The highest BCUT2D eigenvalue weighted by atomic mass is 127. The van der Waals surface area contributed by atoms with Crippen molar-refractivity contribution in [1.82, 2.24) is 4.57 Å². The molecule has 1 aliphatic rings. The van der Waals surface area contributed by atoms with Gasteiger partial charge in [-0.15, -0.1) is 0 Å². The maximum absolute atomic E-state index is 14.1. The van der Waals surface area contributed by atoms with Crippen LogP contribution in [0.25, 0.3) is 6.08 Å². The minimum absolute atomic E-state index is 0.224. The number of hydrogen-bond donors (Lipinski definition) is 0. The highest BCUT2D eigenvalue weighted by Gasteiger charge is 2.31. The van der Waals surface area contributed by atoms with E-state index in [4.69, 9.17) is 30.5 Å². The lowest BCUT2D eigenvalue weighted by atomic mass is 9.97. The zero-order valence-corrected chi connectivity index (χ0v) is 29.3. The van der Waals surface area contributed by atoms with Gasteiger partial charge in [-0.1, -0.05) is 57.1 Å². The molecule has 1 aliphatic heterocycles. The van der Waals surface area contributed by atoms with Gasteiger partial charge in [0.25, 0.3) is 5.56 Å². The zero-order chi connectivity index (χ0) is 31.4. The summed E-state index contributed by atoms with van der Waals surface area (Å²) in [5.41, 5.74) is 2.24. The lowest BCUT2D eigenvalue weighted by Crippen LogP contribution is -2.39. The first-order chi connectivity index (χ1) is 21.2. The number of carbonyl (C=O) groups excluding carboxylic acids is 1. The van der Waals surface area contributed by atoms with Crippen LogP contribution in [0.3, 0.4) is 0 Å². The maximum Gasteiger partial charge on any atom is 0.337 e. The molecular weight excluding hydrogens is 783 g/mol. The molecule has 228 valence electrons. The van der Waals surface area contributed by atoms with Crippen LogP contribution in [0.2, 0.25) is 5.02 Å². The first-order valence-corrected chi connectivity index (χ1v) is 16.7. The predicted octanol–water partition coefficient (Wildman–Crippen LogP) is 6.42. The summed E-state index contributed by atoms with van der Waals surface area (Å²) in [5, 5.41) is 0.649. The molecule has 12 heteroatoms. The number of hydrogen-bond acceptors (Lipinski definition) is 8. The molecular formula is C32H27BrClIN2O6S. The molecule has 1 aromatic heterocycles. The summed E-state index contributed by atoms with van der Waals surface area (Å²) in [6.07, 6.45) is 3.25. The Labute approximate surface area is 284 Å². The molecule has 0 saturated heterocycles. The molecule has 0 bridgehead atoms. The fourth-order valence-corrected chi connectivity index (χ4v) is 7.50. The number of esters is 1. The third-order valence-corrected chi connectivity index (χ3v) is 9.14. The largest absolute Gasteiger partial charge is 0.490 e. The van der Waals surface area contributed by atoms with Gasteiger partial charge in [-0.25, -0.2) is 9.79 Å². The Bertz CT molecular complexity index is 1920. The van der Waals surface area contributed by atoms with Crippen molar-refractivity contribution >= 4 is 73.5 Å². The van der Waals surface area contributed by atoms with Crippen LogP contribution < -0.4 is 29.1 Å². The van der Waals surface area contributed by atoms with Crippen LogP contribution in [0.5, 0.6) is 17.2 Å². The quantitative estimate of drug-likeness (QED) is 0.136. The number of methoxy groups -OCH3 is 1. The van der Waals surface area contributed by atoms with E-state index in [9.17, 15) is 9.59 Å². The Kier molecular flexibility index (Phi) is 10.5. The van der Waals surface area contributed by atoms with E-state index < -0.39 is 12.0 Å². The van der Waals surface area contributed by atoms with Crippen molar-refractivity contribution in [1.29, 1.82) is 0 Å². The Morgan fingerprint density at radius 1 is 1.07 bits per heavy atom. The first-order valence-electron chi connectivity index (χ1n) is 13.6. The average molecular weight is 810 g/mol. The van der Waals surface area contributed by atoms with Gasteiger partial charge < -0.3 is 18.9 Å². The van der Waals surface area contributed by atoms with Gasteiger partial charge in [-0.05, 0) is 90.0 Å². The number of thiazole rings is 1. The summed E-state index contributed by atoms with van der Waals surface area (Å²) < 4.78 is 26.6. The van der Waals surface area contributed by atoms with Crippen molar-refractivity contribution in [2.24, 2.45) is 4.99 Å². The third kappa shape index (κ3) is 6.90. The molecule has 5 rings (SSSR count). The lowest BCUT2D eigenvalue weighted by Gasteiger charge is -2.23. The van der Waals surface area contributed by atoms with E-state index >= 15 is 0 Å². The SMILES string of the molecule is CCOc1ccc([C@@H]2C(C(=O)OC)=CN=c3s/c(=C/c4cc(Br)cc(I)c4OCc4ccc(Cl)cc4)c(=O)n32)cc1OCC. The molecule has 0 fully saturated rings. The molecule has 3 aromatic carbocycles. The molecule has 0 unspecified atom stereocenters. The summed E-state index contributed by atoms with van der Waals surface area (Å²) in [6, 6.07) is 15.9. The Hall–Kier alpha value is -3.13. The summed E-state index contributed by atoms with van der Waals surface area (Å²) >= 11 is 13.1. The van der Waals surface area contributed by atoms with Gasteiger partial charge in [0.05, 0.1) is 40.0 Å². The fraction of sp³-hybridized carbons (Fsp3) is 0.219. The lowest BCUT2D eigenvalue weighted by molar-refractivity contribution is -0.136. The molecule has 4 aromatic rings. The molecule has 0 amide bonds. The topological polar surface area (TPSA) is 88.4 Å². The molecule has 1 atom stereocenters. The van der Waals surface area contributed by atoms with Gasteiger partial charge in [0.15, 0.2) is 16.3 Å². The van der Waals surface area contributed by atoms with Crippen LogP contribution in [-0.2, 0) is 16.1 Å². The number of carbonyl (C=O) groups is 1. The van der Waals surface area contributed by atoms with Crippen LogP contribution in [0.1, 0.15) is 36.6 Å². The summed E-state index contributed by atoms with van der Waals surface area (Å²) in [5.74, 6) is 1.14. The minimum atomic E-state index is -0.793. The fourth-order valence-electron chi connectivity index (χ4n) is 4.70. The van der Waals surface area contributed by atoms with Crippen molar-refractivity contribution in [3.05, 3.63) is 116 Å². The van der Waals surface area contributed by atoms with E-state index in [-0.39, 0.29) is 11.1 Å². The molecule has 0 radical (unpaired) electrons. The summed E-state index contributed by atoms with van der Waals surface area (Å²) in [4.78, 5) is 32.0. The second kappa shape index (κ2) is 14.3. The minimum Gasteiger partial charge on any atom is -0.490 e. The first kappa shape index (κ1) is 32.3. The van der Waals surface area contributed by atoms with Gasteiger partial charge in [0, 0.05) is 21.3 Å². The van der Waals surface area contributed by atoms with Crippen LogP contribution in [0.15, 0.2) is 80.6 Å². The average Bonchev–Trinajstić information content (AvgIpc) is 3.32.